The maximum atomic E-state index is 12.9. The number of halogens is 3. The van der Waals surface area contributed by atoms with Crippen molar-refractivity contribution in [3.8, 4) is 17.0 Å². The van der Waals surface area contributed by atoms with E-state index in [0.29, 0.717) is 31.2 Å². The van der Waals surface area contributed by atoms with E-state index in [1.165, 1.54) is 17.8 Å². The third-order valence-corrected chi connectivity index (χ3v) is 4.77. The van der Waals surface area contributed by atoms with Gasteiger partial charge in [-0.15, -0.1) is 0 Å². The van der Waals surface area contributed by atoms with E-state index in [4.69, 9.17) is 4.74 Å². The van der Waals surface area contributed by atoms with Crippen LogP contribution >= 0.6 is 0 Å². The highest BCUT2D eigenvalue weighted by Crippen LogP contribution is 2.38. The van der Waals surface area contributed by atoms with Crippen molar-refractivity contribution in [2.24, 2.45) is 0 Å². The van der Waals surface area contributed by atoms with E-state index < -0.39 is 23.6 Å². The third kappa shape index (κ3) is 3.29. The Labute approximate surface area is 157 Å². The molecular formula is C18H17F3N4O3. The van der Waals surface area contributed by atoms with Crippen LogP contribution in [-0.2, 0) is 10.9 Å². The summed E-state index contributed by atoms with van der Waals surface area (Å²) >= 11 is 0. The molecule has 0 unspecified atom stereocenters. The minimum absolute atomic E-state index is 0.165. The van der Waals surface area contributed by atoms with Crippen molar-refractivity contribution in [2.45, 2.75) is 31.7 Å². The quantitative estimate of drug-likeness (QED) is 0.694. The molecule has 1 aliphatic heterocycles. The van der Waals surface area contributed by atoms with Crippen molar-refractivity contribution in [1.29, 1.82) is 0 Å². The number of benzene rings is 1. The van der Waals surface area contributed by atoms with Crippen LogP contribution < -0.4 is 0 Å². The largest absolute Gasteiger partial charge is 0.507 e. The summed E-state index contributed by atoms with van der Waals surface area (Å²) < 4.78 is 45.7. The van der Waals surface area contributed by atoms with Gasteiger partial charge in [0.2, 0.25) is 0 Å². The lowest BCUT2D eigenvalue weighted by molar-refractivity contribution is -0.137. The van der Waals surface area contributed by atoms with Crippen LogP contribution in [0.4, 0.5) is 13.2 Å². The Bertz CT molecular complexity index is 1010. The summed E-state index contributed by atoms with van der Waals surface area (Å²) in [6, 6.07) is 1.26. The SMILES string of the molecule is Cc1cc(C(F)(F)F)cc(O)c1-c1cnc2cn([C@H]3COCC[C@@H]3O)nc2n1. The van der Waals surface area contributed by atoms with Crippen LogP contribution in [0.1, 0.15) is 23.6 Å². The lowest BCUT2D eigenvalue weighted by Gasteiger charge is -2.27. The standard InChI is InChI=1S/C18H17F3N4O3/c1-9-4-10(18(19,20)21)5-15(27)16(9)11-6-22-12-7-25(24-17(12)23-11)13-8-28-3-2-14(13)26/h4-7,13-14,26-27H,2-3,8H2,1H3/t13-,14-/m0/s1. The molecule has 3 aromatic rings. The molecule has 0 bridgehead atoms. The van der Waals surface area contributed by atoms with Gasteiger partial charge in [-0.05, 0) is 31.0 Å². The molecule has 28 heavy (non-hydrogen) atoms. The second-order valence-electron chi connectivity index (χ2n) is 6.76. The zero-order valence-electron chi connectivity index (χ0n) is 14.8. The molecule has 2 N–H and O–H groups in total. The highest BCUT2D eigenvalue weighted by atomic mass is 19.4. The maximum Gasteiger partial charge on any atom is 0.416 e. The number of phenols is 1. The van der Waals surface area contributed by atoms with Crippen LogP contribution in [0.25, 0.3) is 22.4 Å². The van der Waals surface area contributed by atoms with Gasteiger partial charge in [-0.25, -0.2) is 9.97 Å². The Morgan fingerprint density at radius 1 is 1.29 bits per heavy atom. The summed E-state index contributed by atoms with van der Waals surface area (Å²) in [5.74, 6) is -0.531. The fourth-order valence-corrected chi connectivity index (χ4v) is 3.34. The number of aliphatic hydroxyl groups excluding tert-OH is 1. The molecule has 2 aromatic heterocycles. The van der Waals surface area contributed by atoms with Gasteiger partial charge >= 0.3 is 6.18 Å². The molecule has 4 rings (SSSR count). The number of nitrogens with zero attached hydrogens (tertiary/aromatic N) is 4. The van der Waals surface area contributed by atoms with Gasteiger partial charge in [0.15, 0.2) is 5.65 Å². The van der Waals surface area contributed by atoms with Gasteiger partial charge in [-0.1, -0.05) is 0 Å². The number of aromatic hydroxyl groups is 1. The lowest BCUT2D eigenvalue weighted by Crippen LogP contribution is -2.34. The molecule has 1 aromatic carbocycles. The lowest BCUT2D eigenvalue weighted by atomic mass is 10.0. The van der Waals surface area contributed by atoms with Crippen molar-refractivity contribution in [3.63, 3.8) is 0 Å². The summed E-state index contributed by atoms with van der Waals surface area (Å²) in [5, 5.41) is 24.6. The maximum absolute atomic E-state index is 12.9. The second kappa shape index (κ2) is 6.71. The summed E-state index contributed by atoms with van der Waals surface area (Å²) in [7, 11) is 0. The third-order valence-electron chi connectivity index (χ3n) is 4.77. The molecule has 2 atom stereocenters. The molecule has 0 radical (unpaired) electrons. The number of hydrogen-bond acceptors (Lipinski definition) is 6. The fraction of sp³-hybridized carbons (Fsp3) is 0.389. The first kappa shape index (κ1) is 18.6. The van der Waals surface area contributed by atoms with Crippen LogP contribution in [0.2, 0.25) is 0 Å². The van der Waals surface area contributed by atoms with Crippen LogP contribution in [-0.4, -0.2) is 49.3 Å². The molecule has 3 heterocycles. The number of aryl methyl sites for hydroxylation is 1. The molecule has 1 aliphatic rings. The molecule has 0 amide bonds. The van der Waals surface area contributed by atoms with E-state index in [1.807, 2.05) is 0 Å². The predicted molar refractivity (Wildman–Crippen MR) is 92.6 cm³/mol. The first-order valence-electron chi connectivity index (χ1n) is 8.63. The van der Waals surface area contributed by atoms with Gasteiger partial charge in [-0.2, -0.15) is 18.3 Å². The molecule has 0 saturated carbocycles. The molecule has 1 fully saturated rings. The van der Waals surface area contributed by atoms with Crippen LogP contribution in [0.15, 0.2) is 24.5 Å². The second-order valence-corrected chi connectivity index (χ2v) is 6.76. The Kier molecular flexibility index (Phi) is 4.47. The van der Waals surface area contributed by atoms with E-state index >= 15 is 0 Å². The number of aromatic nitrogens is 4. The average Bonchev–Trinajstić information content (AvgIpc) is 3.04. The topological polar surface area (TPSA) is 93.3 Å². The van der Waals surface area contributed by atoms with Crippen molar-refractivity contribution < 1.29 is 28.1 Å². The predicted octanol–water partition coefficient (Wildman–Crippen LogP) is 2.85. The highest BCUT2D eigenvalue weighted by Gasteiger charge is 2.32. The number of fused-ring (bicyclic) bond motifs is 1. The van der Waals surface area contributed by atoms with Crippen molar-refractivity contribution >= 4 is 11.2 Å². The van der Waals surface area contributed by atoms with E-state index in [9.17, 15) is 23.4 Å². The van der Waals surface area contributed by atoms with Gasteiger partial charge in [0.1, 0.15) is 17.3 Å². The van der Waals surface area contributed by atoms with Gasteiger partial charge in [0.05, 0.1) is 36.4 Å². The molecule has 10 heteroatoms. The number of aliphatic hydroxyl groups is 1. The van der Waals surface area contributed by atoms with Crippen molar-refractivity contribution in [2.75, 3.05) is 13.2 Å². The Morgan fingerprint density at radius 3 is 2.75 bits per heavy atom. The van der Waals surface area contributed by atoms with Gasteiger partial charge in [-0.3, -0.25) is 4.68 Å². The molecule has 0 aliphatic carbocycles. The van der Waals surface area contributed by atoms with E-state index in [2.05, 4.69) is 15.1 Å². The molecule has 148 valence electrons. The molecule has 0 spiro atoms. The van der Waals surface area contributed by atoms with Crippen LogP contribution in [0.5, 0.6) is 5.75 Å². The average molecular weight is 394 g/mol. The van der Waals surface area contributed by atoms with Gasteiger partial charge < -0.3 is 14.9 Å². The molecule has 7 nitrogen and oxygen atoms in total. The first-order valence-corrected chi connectivity index (χ1v) is 8.63. The fourth-order valence-electron chi connectivity index (χ4n) is 3.34. The number of alkyl halides is 3. The zero-order chi connectivity index (χ0) is 20.1. The normalized spacial score (nSPS) is 20.6. The minimum Gasteiger partial charge on any atom is -0.507 e. The van der Waals surface area contributed by atoms with Crippen LogP contribution in [0, 0.1) is 6.92 Å². The summed E-state index contributed by atoms with van der Waals surface area (Å²) in [6.07, 6.45) is -1.67. The highest BCUT2D eigenvalue weighted by molar-refractivity contribution is 5.77. The van der Waals surface area contributed by atoms with Crippen LogP contribution in [0.3, 0.4) is 0 Å². The van der Waals surface area contributed by atoms with Crippen molar-refractivity contribution in [1.82, 2.24) is 19.7 Å². The first-order chi connectivity index (χ1) is 13.2. The summed E-state index contributed by atoms with van der Waals surface area (Å²) in [6.45, 7) is 2.25. The van der Waals surface area contributed by atoms with Gasteiger partial charge in [0, 0.05) is 12.2 Å². The van der Waals surface area contributed by atoms with E-state index in [1.54, 1.807) is 6.20 Å². The number of ether oxygens (including phenoxy) is 1. The number of rotatable bonds is 2. The molecular weight excluding hydrogens is 377 g/mol. The molecule has 1 saturated heterocycles. The zero-order valence-corrected chi connectivity index (χ0v) is 14.8. The minimum atomic E-state index is -4.56. The van der Waals surface area contributed by atoms with Gasteiger partial charge in [0.25, 0.3) is 0 Å². The number of hydrogen-bond donors (Lipinski definition) is 2. The number of phenolic OH excluding ortho intramolecular Hbond substituents is 1. The van der Waals surface area contributed by atoms with E-state index in [0.717, 1.165) is 6.07 Å². The smallest absolute Gasteiger partial charge is 0.416 e. The monoisotopic (exact) mass is 394 g/mol. The summed E-state index contributed by atoms with van der Waals surface area (Å²) in [4.78, 5) is 8.59. The summed E-state index contributed by atoms with van der Waals surface area (Å²) in [5.41, 5.74) is 0.381. The van der Waals surface area contributed by atoms with Crippen molar-refractivity contribution in [3.05, 3.63) is 35.7 Å². The Balaban J connectivity index is 1.74. The Hall–Kier alpha value is -2.72. The van der Waals surface area contributed by atoms with E-state index in [-0.39, 0.29) is 28.5 Å². The Morgan fingerprint density at radius 2 is 2.07 bits per heavy atom.